The van der Waals surface area contributed by atoms with Crippen LogP contribution in [0.2, 0.25) is 5.02 Å². The van der Waals surface area contributed by atoms with Crippen molar-refractivity contribution in [3.8, 4) is 0 Å². The lowest BCUT2D eigenvalue weighted by Crippen LogP contribution is -2.19. The van der Waals surface area contributed by atoms with E-state index in [9.17, 15) is 4.79 Å². The maximum Gasteiger partial charge on any atom is 0.264 e. The van der Waals surface area contributed by atoms with Gasteiger partial charge in [0.05, 0.1) is 10.6 Å². The van der Waals surface area contributed by atoms with Crippen LogP contribution in [0.15, 0.2) is 58.4 Å². The van der Waals surface area contributed by atoms with Gasteiger partial charge in [0.2, 0.25) is 0 Å². The van der Waals surface area contributed by atoms with Gasteiger partial charge in [-0.1, -0.05) is 29.8 Å². The van der Waals surface area contributed by atoms with Gasteiger partial charge in [0, 0.05) is 24.8 Å². The van der Waals surface area contributed by atoms with Crippen molar-refractivity contribution in [2.45, 2.75) is 0 Å². The number of nitrogens with zero attached hydrogens (tertiary/aromatic N) is 2. The van der Waals surface area contributed by atoms with E-state index in [2.05, 4.69) is 10.3 Å². The molecule has 24 heavy (non-hydrogen) atoms. The van der Waals surface area contributed by atoms with Crippen LogP contribution in [-0.4, -0.2) is 25.2 Å². The van der Waals surface area contributed by atoms with E-state index in [0.717, 1.165) is 11.3 Å². The molecule has 3 rings (SSSR count). The van der Waals surface area contributed by atoms with Gasteiger partial charge in [-0.15, -0.1) is 0 Å². The number of rotatable bonds is 3. The van der Waals surface area contributed by atoms with E-state index in [1.54, 1.807) is 12.1 Å². The Hall–Kier alpha value is -2.24. The Kier molecular flexibility index (Phi) is 4.92. The van der Waals surface area contributed by atoms with E-state index < -0.39 is 0 Å². The van der Waals surface area contributed by atoms with Crippen molar-refractivity contribution in [3.63, 3.8) is 0 Å². The fourth-order valence-electron chi connectivity index (χ4n) is 2.16. The number of anilines is 1. The molecule has 1 aliphatic rings. The molecule has 0 aromatic heterocycles. The lowest BCUT2D eigenvalue weighted by atomic mass is 10.2. The first-order chi connectivity index (χ1) is 11.5. The molecule has 1 aliphatic heterocycles. The maximum absolute atomic E-state index is 12.1. The smallest absolute Gasteiger partial charge is 0.264 e. The Morgan fingerprint density at radius 3 is 2.58 bits per heavy atom. The summed E-state index contributed by atoms with van der Waals surface area (Å²) in [5.74, 6) is -0.141. The first kappa shape index (κ1) is 16.6. The molecule has 2 aromatic rings. The van der Waals surface area contributed by atoms with Crippen LogP contribution in [0, 0.1) is 0 Å². The van der Waals surface area contributed by atoms with Gasteiger partial charge in [0.15, 0.2) is 5.17 Å². The van der Waals surface area contributed by atoms with E-state index in [4.69, 9.17) is 11.6 Å². The van der Waals surface area contributed by atoms with Gasteiger partial charge in [0.25, 0.3) is 5.91 Å². The van der Waals surface area contributed by atoms with Crippen LogP contribution >= 0.6 is 23.4 Å². The van der Waals surface area contributed by atoms with E-state index in [-0.39, 0.29) is 5.91 Å². The number of amides is 1. The van der Waals surface area contributed by atoms with Crippen LogP contribution in [0.25, 0.3) is 6.08 Å². The van der Waals surface area contributed by atoms with Crippen LogP contribution in [0.1, 0.15) is 5.56 Å². The minimum absolute atomic E-state index is 0.141. The van der Waals surface area contributed by atoms with Gasteiger partial charge < -0.3 is 10.2 Å². The molecule has 0 atom stereocenters. The number of hydrogen-bond acceptors (Lipinski definition) is 4. The number of benzene rings is 2. The van der Waals surface area contributed by atoms with Crippen molar-refractivity contribution in [1.29, 1.82) is 0 Å². The molecule has 2 aromatic carbocycles. The van der Waals surface area contributed by atoms with Crippen molar-refractivity contribution in [2.24, 2.45) is 4.99 Å². The lowest BCUT2D eigenvalue weighted by Gasteiger charge is -2.11. The number of aliphatic imine (C=N–C) groups is 1. The monoisotopic (exact) mass is 357 g/mol. The highest BCUT2D eigenvalue weighted by Crippen LogP contribution is 2.29. The molecular weight excluding hydrogens is 342 g/mol. The second-order valence-electron chi connectivity index (χ2n) is 5.45. The average molecular weight is 358 g/mol. The lowest BCUT2D eigenvalue weighted by molar-refractivity contribution is -0.115. The van der Waals surface area contributed by atoms with Crippen molar-refractivity contribution >= 4 is 51.9 Å². The Morgan fingerprint density at radius 2 is 1.92 bits per heavy atom. The molecule has 4 nitrogen and oxygen atoms in total. The van der Waals surface area contributed by atoms with Crippen LogP contribution in [0.4, 0.5) is 11.4 Å². The third-order valence-corrected chi connectivity index (χ3v) is 4.54. The molecule has 0 aliphatic carbocycles. The highest BCUT2D eigenvalue weighted by atomic mass is 35.5. The average Bonchev–Trinajstić information content (AvgIpc) is 2.87. The molecule has 6 heteroatoms. The van der Waals surface area contributed by atoms with Crippen molar-refractivity contribution < 1.29 is 4.79 Å². The molecule has 1 amide bonds. The highest BCUT2D eigenvalue weighted by Gasteiger charge is 2.23. The largest absolute Gasteiger partial charge is 0.378 e. The number of carbonyl (C=O) groups is 1. The summed E-state index contributed by atoms with van der Waals surface area (Å²) in [5.41, 5.74) is 2.80. The first-order valence-electron chi connectivity index (χ1n) is 7.34. The van der Waals surface area contributed by atoms with Crippen LogP contribution < -0.4 is 10.2 Å². The number of nitrogens with one attached hydrogen (secondary N) is 1. The van der Waals surface area contributed by atoms with E-state index in [0.29, 0.717) is 20.8 Å². The molecule has 1 N–H and O–H groups in total. The predicted molar refractivity (Wildman–Crippen MR) is 103 cm³/mol. The van der Waals surface area contributed by atoms with Crippen LogP contribution in [0.3, 0.4) is 0 Å². The SMILES string of the molecule is CN(C)c1ccc(C=C2SC(=Nc3cccc(Cl)c3)NC2=O)cc1. The highest BCUT2D eigenvalue weighted by molar-refractivity contribution is 8.18. The van der Waals surface area contributed by atoms with E-state index in [1.165, 1.54) is 11.8 Å². The summed E-state index contributed by atoms with van der Waals surface area (Å²) in [5, 5.41) is 3.94. The minimum Gasteiger partial charge on any atom is -0.378 e. The maximum atomic E-state index is 12.1. The van der Waals surface area contributed by atoms with E-state index >= 15 is 0 Å². The zero-order valence-electron chi connectivity index (χ0n) is 13.3. The molecule has 122 valence electrons. The molecule has 1 saturated heterocycles. The van der Waals surface area contributed by atoms with Gasteiger partial charge >= 0.3 is 0 Å². The van der Waals surface area contributed by atoms with Gasteiger partial charge in [-0.25, -0.2) is 4.99 Å². The Labute approximate surface area is 150 Å². The topological polar surface area (TPSA) is 44.7 Å². The number of carbonyl (C=O) groups excluding carboxylic acids is 1. The number of hydrogen-bond donors (Lipinski definition) is 1. The zero-order valence-corrected chi connectivity index (χ0v) is 14.9. The standard InChI is InChI=1S/C18H16ClN3OS/c1-22(2)15-8-6-12(7-9-15)10-16-17(23)21-18(24-16)20-14-5-3-4-13(19)11-14/h3-11H,1-2H3,(H,20,21,23). The molecule has 0 spiro atoms. The molecule has 0 saturated carbocycles. The van der Waals surface area contributed by atoms with Crippen LogP contribution in [0.5, 0.6) is 0 Å². The third kappa shape index (κ3) is 3.99. The molecule has 0 radical (unpaired) electrons. The van der Waals surface area contributed by atoms with Crippen molar-refractivity contribution in [2.75, 3.05) is 19.0 Å². The van der Waals surface area contributed by atoms with Crippen molar-refractivity contribution in [1.82, 2.24) is 5.32 Å². The number of halogens is 1. The van der Waals surface area contributed by atoms with Gasteiger partial charge in [-0.05, 0) is 53.7 Å². The third-order valence-electron chi connectivity index (χ3n) is 3.40. The zero-order chi connectivity index (χ0) is 17.1. The fourth-order valence-corrected chi connectivity index (χ4v) is 3.19. The number of thioether (sulfide) groups is 1. The second-order valence-corrected chi connectivity index (χ2v) is 6.91. The van der Waals surface area contributed by atoms with E-state index in [1.807, 2.05) is 61.5 Å². The van der Waals surface area contributed by atoms with Gasteiger partial charge in [0.1, 0.15) is 0 Å². The van der Waals surface area contributed by atoms with Crippen LogP contribution in [-0.2, 0) is 4.79 Å². The molecule has 1 heterocycles. The Bertz CT molecular complexity index is 828. The molecule has 0 unspecified atom stereocenters. The van der Waals surface area contributed by atoms with Gasteiger partial charge in [-0.3, -0.25) is 4.79 Å². The summed E-state index contributed by atoms with van der Waals surface area (Å²) in [6.07, 6.45) is 1.86. The second kappa shape index (κ2) is 7.11. The molecular formula is C18H16ClN3OS. The summed E-state index contributed by atoms with van der Waals surface area (Å²) in [6, 6.07) is 15.2. The summed E-state index contributed by atoms with van der Waals surface area (Å²) in [7, 11) is 3.98. The summed E-state index contributed by atoms with van der Waals surface area (Å²) in [6.45, 7) is 0. The van der Waals surface area contributed by atoms with Crippen molar-refractivity contribution in [3.05, 3.63) is 64.0 Å². The normalized spacial score (nSPS) is 17.4. The number of amidine groups is 1. The molecule has 1 fully saturated rings. The Balaban J connectivity index is 1.79. The Morgan fingerprint density at radius 1 is 1.17 bits per heavy atom. The van der Waals surface area contributed by atoms with Gasteiger partial charge in [-0.2, -0.15) is 0 Å². The first-order valence-corrected chi connectivity index (χ1v) is 8.53. The fraction of sp³-hybridized carbons (Fsp3) is 0.111. The summed E-state index contributed by atoms with van der Waals surface area (Å²) >= 11 is 7.27. The minimum atomic E-state index is -0.141. The summed E-state index contributed by atoms with van der Waals surface area (Å²) in [4.78, 5) is 19.2. The summed E-state index contributed by atoms with van der Waals surface area (Å²) < 4.78 is 0. The molecule has 0 bridgehead atoms. The quantitative estimate of drug-likeness (QED) is 0.833. The predicted octanol–water partition coefficient (Wildman–Crippen LogP) is 4.30.